The van der Waals surface area contributed by atoms with Gasteiger partial charge in [0.2, 0.25) is 0 Å². The molecular formula is C16H19BrN2O. The van der Waals surface area contributed by atoms with E-state index in [1.54, 1.807) is 13.3 Å². The number of methoxy groups -OCH3 is 1. The van der Waals surface area contributed by atoms with E-state index in [2.05, 4.69) is 38.4 Å². The second-order valence-corrected chi connectivity index (χ2v) is 5.63. The van der Waals surface area contributed by atoms with Crippen LogP contribution in [0.15, 0.2) is 47.2 Å². The Bertz CT molecular complexity index is 560. The summed E-state index contributed by atoms with van der Waals surface area (Å²) in [7, 11) is 3.71. The van der Waals surface area contributed by atoms with E-state index in [0.717, 1.165) is 23.1 Å². The zero-order valence-corrected chi connectivity index (χ0v) is 13.4. The molecule has 106 valence electrons. The molecule has 1 heterocycles. The summed E-state index contributed by atoms with van der Waals surface area (Å²) in [5.74, 6) is 0.945. The first kappa shape index (κ1) is 15.0. The van der Waals surface area contributed by atoms with E-state index in [1.807, 2.05) is 31.4 Å². The van der Waals surface area contributed by atoms with Crippen molar-refractivity contribution in [1.82, 2.24) is 10.3 Å². The topological polar surface area (TPSA) is 34.2 Å². The molecule has 1 aromatic heterocycles. The third kappa shape index (κ3) is 4.05. The summed E-state index contributed by atoms with van der Waals surface area (Å²) >= 11 is 3.46. The molecule has 0 saturated heterocycles. The van der Waals surface area contributed by atoms with Gasteiger partial charge in [-0.2, -0.15) is 0 Å². The average molecular weight is 335 g/mol. The van der Waals surface area contributed by atoms with Crippen LogP contribution in [0.4, 0.5) is 0 Å². The molecule has 2 rings (SSSR count). The third-order valence-electron chi connectivity index (χ3n) is 3.31. The van der Waals surface area contributed by atoms with E-state index in [-0.39, 0.29) is 0 Å². The van der Waals surface area contributed by atoms with Gasteiger partial charge in [0, 0.05) is 22.9 Å². The predicted octanol–water partition coefficient (Wildman–Crippen LogP) is 3.23. The molecule has 1 N–H and O–H groups in total. The summed E-state index contributed by atoms with van der Waals surface area (Å²) in [4.78, 5) is 4.21. The van der Waals surface area contributed by atoms with Crippen LogP contribution >= 0.6 is 15.9 Å². The van der Waals surface area contributed by atoms with Crippen molar-refractivity contribution in [1.29, 1.82) is 0 Å². The maximum Gasteiger partial charge on any atom is 0.122 e. The number of halogens is 1. The number of pyridine rings is 1. The van der Waals surface area contributed by atoms with Gasteiger partial charge in [0.25, 0.3) is 0 Å². The molecule has 1 unspecified atom stereocenters. The number of rotatable bonds is 6. The zero-order valence-electron chi connectivity index (χ0n) is 11.8. The smallest absolute Gasteiger partial charge is 0.122 e. The highest BCUT2D eigenvalue weighted by Gasteiger charge is 2.12. The van der Waals surface area contributed by atoms with E-state index < -0.39 is 0 Å². The summed E-state index contributed by atoms with van der Waals surface area (Å²) < 4.78 is 6.43. The number of aromatic nitrogens is 1. The molecule has 20 heavy (non-hydrogen) atoms. The number of benzene rings is 1. The number of nitrogens with zero attached hydrogens (tertiary/aromatic N) is 1. The molecule has 0 radical (unpaired) electrons. The quantitative estimate of drug-likeness (QED) is 0.880. The molecule has 0 fully saturated rings. The Morgan fingerprint density at radius 2 is 2.05 bits per heavy atom. The van der Waals surface area contributed by atoms with Crippen LogP contribution in [-0.2, 0) is 12.8 Å². The first-order valence-electron chi connectivity index (χ1n) is 6.61. The molecule has 0 spiro atoms. The number of hydrogen-bond donors (Lipinski definition) is 1. The van der Waals surface area contributed by atoms with Crippen LogP contribution in [-0.4, -0.2) is 25.2 Å². The number of likely N-dealkylation sites (N-methyl/N-ethyl adjacent to an activating group) is 1. The van der Waals surface area contributed by atoms with E-state index in [4.69, 9.17) is 4.74 Å². The molecule has 4 heteroatoms. The van der Waals surface area contributed by atoms with Gasteiger partial charge in [-0.1, -0.05) is 18.2 Å². The minimum absolute atomic E-state index is 0.349. The largest absolute Gasteiger partial charge is 0.496 e. The van der Waals surface area contributed by atoms with Gasteiger partial charge in [0.1, 0.15) is 5.75 Å². The SMILES string of the molecule is CNC(Cc1cncc(Br)c1)Cc1ccccc1OC. The highest BCUT2D eigenvalue weighted by atomic mass is 79.9. The van der Waals surface area contributed by atoms with Crippen molar-refractivity contribution >= 4 is 15.9 Å². The van der Waals surface area contributed by atoms with Gasteiger partial charge in [0.15, 0.2) is 0 Å². The van der Waals surface area contributed by atoms with Crippen LogP contribution < -0.4 is 10.1 Å². The van der Waals surface area contributed by atoms with Crippen molar-refractivity contribution in [3.05, 3.63) is 58.3 Å². The lowest BCUT2D eigenvalue weighted by Crippen LogP contribution is -2.30. The average Bonchev–Trinajstić information content (AvgIpc) is 2.47. The van der Waals surface area contributed by atoms with Crippen LogP contribution in [0, 0.1) is 0 Å². The van der Waals surface area contributed by atoms with E-state index in [1.165, 1.54) is 11.1 Å². The molecule has 0 amide bonds. The van der Waals surface area contributed by atoms with Crippen molar-refractivity contribution < 1.29 is 4.74 Å². The van der Waals surface area contributed by atoms with Gasteiger partial charge in [-0.3, -0.25) is 4.98 Å². The van der Waals surface area contributed by atoms with Crippen molar-refractivity contribution in [2.24, 2.45) is 0 Å². The van der Waals surface area contributed by atoms with Gasteiger partial charge in [-0.15, -0.1) is 0 Å². The lowest BCUT2D eigenvalue weighted by Gasteiger charge is -2.18. The summed E-state index contributed by atoms with van der Waals surface area (Å²) in [6, 6.07) is 10.6. The van der Waals surface area contributed by atoms with E-state index in [0.29, 0.717) is 6.04 Å². The van der Waals surface area contributed by atoms with Crippen molar-refractivity contribution in [3.8, 4) is 5.75 Å². The molecule has 0 aliphatic rings. The van der Waals surface area contributed by atoms with Crippen LogP contribution in [0.5, 0.6) is 5.75 Å². The molecule has 2 aromatic rings. The monoisotopic (exact) mass is 334 g/mol. The molecule has 1 atom stereocenters. The fourth-order valence-corrected chi connectivity index (χ4v) is 2.68. The van der Waals surface area contributed by atoms with Crippen LogP contribution in [0.3, 0.4) is 0 Å². The summed E-state index contributed by atoms with van der Waals surface area (Å²) in [6.45, 7) is 0. The highest BCUT2D eigenvalue weighted by Crippen LogP contribution is 2.20. The fourth-order valence-electron chi connectivity index (χ4n) is 2.27. The maximum atomic E-state index is 5.41. The van der Waals surface area contributed by atoms with Crippen molar-refractivity contribution in [2.75, 3.05) is 14.2 Å². The second-order valence-electron chi connectivity index (χ2n) is 4.72. The van der Waals surface area contributed by atoms with Crippen LogP contribution in [0.25, 0.3) is 0 Å². The standard InChI is InChI=1S/C16H19BrN2O/c1-18-15(8-12-7-14(17)11-19-10-12)9-13-5-3-4-6-16(13)20-2/h3-7,10-11,15,18H,8-9H2,1-2H3. The Hall–Kier alpha value is -1.39. The van der Waals surface area contributed by atoms with Crippen LogP contribution in [0.2, 0.25) is 0 Å². The normalized spacial score (nSPS) is 12.2. The maximum absolute atomic E-state index is 5.41. The molecular weight excluding hydrogens is 316 g/mol. The van der Waals surface area contributed by atoms with E-state index >= 15 is 0 Å². The molecule has 0 aliphatic heterocycles. The molecule has 0 saturated carbocycles. The Morgan fingerprint density at radius 1 is 1.25 bits per heavy atom. The van der Waals surface area contributed by atoms with Gasteiger partial charge in [-0.25, -0.2) is 0 Å². The molecule has 0 bridgehead atoms. The Labute approximate surface area is 128 Å². The molecule has 3 nitrogen and oxygen atoms in total. The Balaban J connectivity index is 2.09. The van der Waals surface area contributed by atoms with Gasteiger partial charge < -0.3 is 10.1 Å². The first-order chi connectivity index (χ1) is 9.72. The number of ether oxygens (including phenoxy) is 1. The number of hydrogen-bond acceptors (Lipinski definition) is 3. The van der Waals surface area contributed by atoms with Crippen molar-refractivity contribution in [3.63, 3.8) is 0 Å². The van der Waals surface area contributed by atoms with Crippen LogP contribution in [0.1, 0.15) is 11.1 Å². The molecule has 0 aliphatic carbocycles. The van der Waals surface area contributed by atoms with E-state index in [9.17, 15) is 0 Å². The lowest BCUT2D eigenvalue weighted by molar-refractivity contribution is 0.406. The third-order valence-corrected chi connectivity index (χ3v) is 3.74. The number of para-hydroxylation sites is 1. The van der Waals surface area contributed by atoms with Gasteiger partial charge in [-0.05, 0) is 59.1 Å². The fraction of sp³-hybridized carbons (Fsp3) is 0.312. The van der Waals surface area contributed by atoms with Gasteiger partial charge in [0.05, 0.1) is 7.11 Å². The minimum atomic E-state index is 0.349. The zero-order chi connectivity index (χ0) is 14.4. The summed E-state index contributed by atoms with van der Waals surface area (Å²) in [5, 5.41) is 3.37. The van der Waals surface area contributed by atoms with Crippen molar-refractivity contribution in [2.45, 2.75) is 18.9 Å². The highest BCUT2D eigenvalue weighted by molar-refractivity contribution is 9.10. The Morgan fingerprint density at radius 3 is 2.75 bits per heavy atom. The predicted molar refractivity (Wildman–Crippen MR) is 85.2 cm³/mol. The minimum Gasteiger partial charge on any atom is -0.496 e. The Kier molecular flexibility index (Phi) is 5.56. The van der Waals surface area contributed by atoms with Gasteiger partial charge >= 0.3 is 0 Å². The first-order valence-corrected chi connectivity index (χ1v) is 7.41. The summed E-state index contributed by atoms with van der Waals surface area (Å²) in [5.41, 5.74) is 2.44. The lowest BCUT2D eigenvalue weighted by atomic mass is 9.99. The molecule has 1 aromatic carbocycles. The number of nitrogens with one attached hydrogen (secondary N) is 1. The second kappa shape index (κ2) is 7.41. The summed E-state index contributed by atoms with van der Waals surface area (Å²) in [6.07, 6.45) is 5.57.